The van der Waals surface area contributed by atoms with Gasteiger partial charge >= 0.3 is 0 Å². The molecule has 3 aromatic rings. The van der Waals surface area contributed by atoms with Crippen molar-refractivity contribution in [1.82, 2.24) is 0 Å². The van der Waals surface area contributed by atoms with E-state index in [0.29, 0.717) is 24.5 Å². The molecule has 2 aliphatic rings. The van der Waals surface area contributed by atoms with E-state index in [0.717, 1.165) is 53.2 Å². The smallest absolute Gasteiger partial charge is 0.190 e. The fourth-order valence-corrected chi connectivity index (χ4v) is 5.04. The van der Waals surface area contributed by atoms with E-state index in [9.17, 15) is 10.2 Å². The molecular weight excluding hydrogens is 430 g/mol. The number of nitrogens with zero attached hydrogens (tertiary/aromatic N) is 1. The SMILES string of the molecule is CCN(CC)c1ccc2c(c1)Oc1c(ccc(O)c1C1OCCCO1)C2c1ccccc1CO. The van der Waals surface area contributed by atoms with Gasteiger partial charge in [-0.3, -0.25) is 0 Å². The molecule has 2 N–H and O–H groups in total. The van der Waals surface area contributed by atoms with Gasteiger partial charge in [0.25, 0.3) is 0 Å². The van der Waals surface area contributed by atoms with Crippen molar-refractivity contribution in [2.24, 2.45) is 0 Å². The summed E-state index contributed by atoms with van der Waals surface area (Å²) < 4.78 is 18.3. The van der Waals surface area contributed by atoms with E-state index in [2.05, 4.69) is 36.9 Å². The number of phenolic OH excluding ortho intramolecular Hbond substituents is 1. The quantitative estimate of drug-likeness (QED) is 0.398. The van der Waals surface area contributed by atoms with Gasteiger partial charge in [0.05, 0.1) is 25.4 Å². The summed E-state index contributed by atoms with van der Waals surface area (Å²) in [7, 11) is 0. The second kappa shape index (κ2) is 9.66. The zero-order chi connectivity index (χ0) is 23.7. The van der Waals surface area contributed by atoms with Gasteiger partial charge in [-0.2, -0.15) is 0 Å². The lowest BCUT2D eigenvalue weighted by Gasteiger charge is -2.34. The first-order valence-corrected chi connectivity index (χ1v) is 12.0. The summed E-state index contributed by atoms with van der Waals surface area (Å²) >= 11 is 0. The predicted molar refractivity (Wildman–Crippen MR) is 131 cm³/mol. The maximum Gasteiger partial charge on any atom is 0.190 e. The third-order valence-corrected chi connectivity index (χ3v) is 6.76. The molecule has 3 aromatic carbocycles. The van der Waals surface area contributed by atoms with Crippen molar-refractivity contribution < 1.29 is 24.4 Å². The number of hydrogen-bond donors (Lipinski definition) is 2. The molecule has 0 bridgehead atoms. The Labute approximate surface area is 200 Å². The Morgan fingerprint density at radius 3 is 2.38 bits per heavy atom. The fraction of sp³-hybridized carbons (Fsp3) is 0.357. The zero-order valence-electron chi connectivity index (χ0n) is 19.7. The van der Waals surface area contributed by atoms with Crippen molar-refractivity contribution in [2.75, 3.05) is 31.2 Å². The standard InChI is InChI=1S/C28H31NO5/c1-3-29(4-2)19-10-11-21-24(16-19)34-27-22(25(21)20-9-6-5-8-18(20)17-30)12-13-23(31)26(27)28-32-14-7-15-33-28/h5-6,8-13,16,25,28,30-31H,3-4,7,14-15,17H2,1-2H3. The molecule has 1 unspecified atom stereocenters. The Kier molecular flexibility index (Phi) is 6.46. The van der Waals surface area contributed by atoms with Crippen LogP contribution in [0.4, 0.5) is 5.69 Å². The van der Waals surface area contributed by atoms with Crippen molar-refractivity contribution in [1.29, 1.82) is 0 Å². The minimum atomic E-state index is -0.690. The van der Waals surface area contributed by atoms with Gasteiger partial charge in [0.2, 0.25) is 0 Å². The van der Waals surface area contributed by atoms with E-state index >= 15 is 0 Å². The number of ether oxygens (including phenoxy) is 3. The third-order valence-electron chi connectivity index (χ3n) is 6.76. The second-order valence-corrected chi connectivity index (χ2v) is 8.63. The normalized spacial score (nSPS) is 17.6. The maximum absolute atomic E-state index is 10.9. The zero-order valence-corrected chi connectivity index (χ0v) is 19.7. The topological polar surface area (TPSA) is 71.4 Å². The van der Waals surface area contributed by atoms with E-state index in [-0.39, 0.29) is 18.3 Å². The molecular formula is C28H31NO5. The molecule has 0 aromatic heterocycles. The summed E-state index contributed by atoms with van der Waals surface area (Å²) in [6.07, 6.45) is 0.125. The third kappa shape index (κ3) is 3.92. The predicted octanol–water partition coefficient (Wildman–Crippen LogP) is 5.45. The number of fused-ring (bicyclic) bond motifs is 2. The number of hydrogen-bond acceptors (Lipinski definition) is 6. The highest BCUT2D eigenvalue weighted by Crippen LogP contribution is 2.53. The highest BCUT2D eigenvalue weighted by Gasteiger charge is 2.36. The van der Waals surface area contributed by atoms with E-state index in [4.69, 9.17) is 14.2 Å². The molecule has 1 fully saturated rings. The lowest BCUT2D eigenvalue weighted by molar-refractivity contribution is -0.184. The Morgan fingerprint density at radius 1 is 0.912 bits per heavy atom. The number of rotatable bonds is 6. The number of anilines is 1. The molecule has 0 spiro atoms. The van der Waals surface area contributed by atoms with Gasteiger partial charge in [0.1, 0.15) is 17.2 Å². The van der Waals surface area contributed by atoms with Crippen LogP contribution in [0.15, 0.2) is 54.6 Å². The Bertz CT molecular complexity index is 1170. The van der Waals surface area contributed by atoms with Gasteiger partial charge in [-0.1, -0.05) is 36.4 Å². The van der Waals surface area contributed by atoms with Crippen LogP contribution >= 0.6 is 0 Å². The van der Waals surface area contributed by atoms with Gasteiger partial charge in [-0.25, -0.2) is 0 Å². The minimum Gasteiger partial charge on any atom is -0.507 e. The first-order chi connectivity index (χ1) is 16.7. The highest BCUT2D eigenvalue weighted by molar-refractivity contribution is 5.67. The van der Waals surface area contributed by atoms with Gasteiger partial charge in [-0.05, 0) is 43.5 Å². The van der Waals surface area contributed by atoms with Crippen LogP contribution in [0.25, 0.3) is 0 Å². The van der Waals surface area contributed by atoms with Crippen LogP contribution < -0.4 is 9.64 Å². The van der Waals surface area contributed by atoms with Crippen molar-refractivity contribution in [2.45, 2.75) is 39.1 Å². The molecule has 6 heteroatoms. The van der Waals surface area contributed by atoms with E-state index in [1.165, 1.54) is 0 Å². The first kappa shape index (κ1) is 22.7. The number of benzene rings is 3. The van der Waals surface area contributed by atoms with Crippen LogP contribution in [0.3, 0.4) is 0 Å². The lowest BCUT2D eigenvalue weighted by atomic mass is 9.79. The van der Waals surface area contributed by atoms with Gasteiger partial charge < -0.3 is 29.3 Å². The molecule has 0 amide bonds. The van der Waals surface area contributed by atoms with Crippen molar-refractivity contribution in [3.8, 4) is 17.2 Å². The monoisotopic (exact) mass is 461 g/mol. The molecule has 1 saturated heterocycles. The molecule has 0 radical (unpaired) electrons. The van der Waals surface area contributed by atoms with Crippen LogP contribution in [0.5, 0.6) is 17.2 Å². The first-order valence-electron chi connectivity index (χ1n) is 12.0. The largest absolute Gasteiger partial charge is 0.507 e. The molecule has 5 rings (SSSR count). The molecule has 6 nitrogen and oxygen atoms in total. The van der Waals surface area contributed by atoms with Crippen LogP contribution in [0, 0.1) is 0 Å². The van der Waals surface area contributed by atoms with Gasteiger partial charge in [-0.15, -0.1) is 0 Å². The number of phenols is 1. The number of aliphatic hydroxyl groups is 1. The van der Waals surface area contributed by atoms with Crippen molar-refractivity contribution >= 4 is 5.69 Å². The summed E-state index contributed by atoms with van der Waals surface area (Å²) in [4.78, 5) is 2.27. The lowest BCUT2D eigenvalue weighted by Crippen LogP contribution is -2.23. The molecule has 178 valence electrons. The highest BCUT2D eigenvalue weighted by atomic mass is 16.7. The number of aromatic hydroxyl groups is 1. The second-order valence-electron chi connectivity index (χ2n) is 8.63. The Hall–Kier alpha value is -3.06. The Morgan fingerprint density at radius 2 is 1.65 bits per heavy atom. The molecule has 2 heterocycles. The molecule has 1 atom stereocenters. The van der Waals surface area contributed by atoms with E-state index < -0.39 is 6.29 Å². The maximum atomic E-state index is 10.9. The summed E-state index contributed by atoms with van der Waals surface area (Å²) in [5.41, 5.74) is 5.39. The van der Waals surface area contributed by atoms with Crippen LogP contribution in [0.2, 0.25) is 0 Å². The van der Waals surface area contributed by atoms with Gasteiger partial charge in [0, 0.05) is 41.9 Å². The molecule has 2 aliphatic heterocycles. The summed E-state index contributed by atoms with van der Waals surface area (Å²) in [5.74, 6) is 1.21. The van der Waals surface area contributed by atoms with E-state index in [1.807, 2.05) is 30.3 Å². The minimum absolute atomic E-state index is 0.0600. The van der Waals surface area contributed by atoms with Gasteiger partial charge in [0.15, 0.2) is 6.29 Å². The van der Waals surface area contributed by atoms with Crippen molar-refractivity contribution in [3.05, 3.63) is 82.4 Å². The van der Waals surface area contributed by atoms with Crippen LogP contribution in [0.1, 0.15) is 60.3 Å². The summed E-state index contributed by atoms with van der Waals surface area (Å²) in [6.45, 7) is 7.10. The Balaban J connectivity index is 1.73. The average Bonchev–Trinajstić information content (AvgIpc) is 2.88. The van der Waals surface area contributed by atoms with Crippen molar-refractivity contribution in [3.63, 3.8) is 0 Å². The summed E-state index contributed by atoms with van der Waals surface area (Å²) in [5, 5.41) is 21.0. The molecule has 0 saturated carbocycles. The van der Waals surface area contributed by atoms with Crippen LogP contribution in [-0.2, 0) is 16.1 Å². The average molecular weight is 462 g/mol. The van der Waals surface area contributed by atoms with Crippen LogP contribution in [-0.4, -0.2) is 36.5 Å². The molecule has 0 aliphatic carbocycles. The summed E-state index contributed by atoms with van der Waals surface area (Å²) in [6, 6.07) is 17.8. The number of aliphatic hydroxyl groups excluding tert-OH is 1. The fourth-order valence-electron chi connectivity index (χ4n) is 5.04. The molecule has 34 heavy (non-hydrogen) atoms. The van der Waals surface area contributed by atoms with E-state index in [1.54, 1.807) is 6.07 Å².